The van der Waals surface area contributed by atoms with E-state index in [1.54, 1.807) is 0 Å². The molecule has 7 rings (SSSR count). The lowest BCUT2D eigenvalue weighted by Gasteiger charge is -2.17. The van der Waals surface area contributed by atoms with Gasteiger partial charge in [-0.3, -0.25) is 4.98 Å². The van der Waals surface area contributed by atoms with E-state index in [-0.39, 0.29) is 0 Å². The zero-order chi connectivity index (χ0) is 24.8. The molecule has 0 spiro atoms. The second kappa shape index (κ2) is 8.99. The van der Waals surface area contributed by atoms with E-state index in [9.17, 15) is 0 Å². The van der Waals surface area contributed by atoms with Crippen molar-refractivity contribution < 1.29 is 0 Å². The highest BCUT2D eigenvalue weighted by atomic mass is 79.9. The molecule has 0 saturated heterocycles. The first kappa shape index (κ1) is 22.0. The van der Waals surface area contributed by atoms with Crippen molar-refractivity contribution in [2.75, 3.05) is 0 Å². The zero-order valence-corrected chi connectivity index (χ0v) is 21.6. The van der Waals surface area contributed by atoms with Gasteiger partial charge in [-0.2, -0.15) is 0 Å². The molecule has 2 heteroatoms. The third-order valence-electron chi connectivity index (χ3n) is 7.17. The molecule has 0 bridgehead atoms. The first-order chi connectivity index (χ1) is 18.3. The predicted molar refractivity (Wildman–Crippen MR) is 161 cm³/mol. The summed E-state index contributed by atoms with van der Waals surface area (Å²) >= 11 is 3.53. The third-order valence-corrected chi connectivity index (χ3v) is 7.64. The smallest absolute Gasteiger partial charge is 0.0715 e. The largest absolute Gasteiger partial charge is 0.255 e. The summed E-state index contributed by atoms with van der Waals surface area (Å²) in [6.45, 7) is 0. The third kappa shape index (κ3) is 3.82. The summed E-state index contributed by atoms with van der Waals surface area (Å²) < 4.78 is 0.980. The van der Waals surface area contributed by atoms with Crippen LogP contribution in [0.5, 0.6) is 0 Å². The van der Waals surface area contributed by atoms with Crippen molar-refractivity contribution in [3.8, 4) is 33.5 Å². The Morgan fingerprint density at radius 1 is 0.432 bits per heavy atom. The molecule has 0 unspecified atom stereocenters. The fourth-order valence-corrected chi connectivity index (χ4v) is 5.67. The number of hydrogen-bond donors (Lipinski definition) is 0. The molecule has 0 aliphatic heterocycles. The van der Waals surface area contributed by atoms with Crippen LogP contribution in [0.4, 0.5) is 0 Å². The molecule has 0 fully saturated rings. The number of rotatable bonds is 3. The summed E-state index contributed by atoms with van der Waals surface area (Å²) in [7, 11) is 0. The van der Waals surface area contributed by atoms with Gasteiger partial charge in [0.15, 0.2) is 0 Å². The number of aromatic nitrogens is 1. The van der Waals surface area contributed by atoms with Crippen LogP contribution in [0.2, 0.25) is 0 Å². The van der Waals surface area contributed by atoms with Gasteiger partial charge in [0, 0.05) is 16.2 Å². The Bertz CT molecular complexity index is 1860. The molecule has 1 aromatic heterocycles. The van der Waals surface area contributed by atoms with Crippen LogP contribution < -0.4 is 0 Å². The highest BCUT2D eigenvalue weighted by molar-refractivity contribution is 9.10. The molecular formula is C35H22BrN. The van der Waals surface area contributed by atoms with Crippen molar-refractivity contribution >= 4 is 48.2 Å². The minimum absolute atomic E-state index is 0.980. The quantitative estimate of drug-likeness (QED) is 0.205. The number of pyridine rings is 1. The van der Waals surface area contributed by atoms with Gasteiger partial charge in [-0.25, -0.2) is 0 Å². The lowest BCUT2D eigenvalue weighted by atomic mass is 9.87. The number of nitrogens with zero attached hydrogens (tertiary/aromatic N) is 1. The molecule has 0 aliphatic rings. The van der Waals surface area contributed by atoms with Gasteiger partial charge in [0.1, 0.15) is 0 Å². The van der Waals surface area contributed by atoms with Crippen LogP contribution in [0.25, 0.3) is 65.8 Å². The van der Waals surface area contributed by atoms with Gasteiger partial charge in [0.2, 0.25) is 0 Å². The Morgan fingerprint density at radius 2 is 0.973 bits per heavy atom. The summed E-state index contributed by atoms with van der Waals surface area (Å²) in [6.07, 6.45) is 1.87. The number of hydrogen-bond acceptors (Lipinski definition) is 1. The average molecular weight is 536 g/mol. The summed E-state index contributed by atoms with van der Waals surface area (Å²) in [5, 5.41) is 7.42. The van der Waals surface area contributed by atoms with Gasteiger partial charge in [-0.1, -0.05) is 109 Å². The molecular weight excluding hydrogens is 514 g/mol. The summed E-state index contributed by atoms with van der Waals surface area (Å²) in [5.41, 5.74) is 7.09. The van der Waals surface area contributed by atoms with Crippen LogP contribution >= 0.6 is 15.9 Å². The number of fused-ring (bicyclic) bond motifs is 3. The van der Waals surface area contributed by atoms with Crippen LogP contribution in [0.1, 0.15) is 0 Å². The van der Waals surface area contributed by atoms with Gasteiger partial charge < -0.3 is 0 Å². The first-order valence-electron chi connectivity index (χ1n) is 12.4. The maximum Gasteiger partial charge on any atom is 0.0715 e. The molecule has 0 amide bonds. The molecule has 0 saturated carbocycles. The Labute approximate surface area is 224 Å². The van der Waals surface area contributed by atoms with E-state index in [1.165, 1.54) is 60.1 Å². The SMILES string of the molecule is Brc1ccc(-c2c3ccccc3c(-c3ccc(-c4ccc5ccccc5c4)cc3)c3ccccc23)nc1. The minimum Gasteiger partial charge on any atom is -0.255 e. The van der Waals surface area contributed by atoms with E-state index in [4.69, 9.17) is 4.98 Å². The molecule has 0 N–H and O–H groups in total. The van der Waals surface area contributed by atoms with Gasteiger partial charge in [-0.05, 0) is 88.7 Å². The Morgan fingerprint density at radius 3 is 1.59 bits per heavy atom. The van der Waals surface area contributed by atoms with Crippen molar-refractivity contribution in [1.82, 2.24) is 4.98 Å². The van der Waals surface area contributed by atoms with Crippen LogP contribution in [-0.4, -0.2) is 4.98 Å². The standard InChI is InChI=1S/C35H22BrN/c36-28-19-20-33(37-22-28)35-31-11-5-3-9-29(31)34(30-10-4-6-12-32(30)35)25-16-13-24(14-17-25)27-18-15-23-7-1-2-8-26(23)21-27/h1-22H. The number of benzene rings is 6. The van der Waals surface area contributed by atoms with Gasteiger partial charge in [0.25, 0.3) is 0 Å². The second-order valence-corrected chi connectivity index (χ2v) is 10.3. The highest BCUT2D eigenvalue weighted by Gasteiger charge is 2.17. The predicted octanol–water partition coefficient (Wildman–Crippen LogP) is 10.3. The fraction of sp³-hybridized carbons (Fsp3) is 0. The van der Waals surface area contributed by atoms with Gasteiger partial charge in [-0.15, -0.1) is 0 Å². The Balaban J connectivity index is 1.43. The maximum atomic E-state index is 4.77. The monoisotopic (exact) mass is 535 g/mol. The van der Waals surface area contributed by atoms with E-state index in [0.717, 1.165) is 10.2 Å². The van der Waals surface area contributed by atoms with E-state index in [2.05, 4.69) is 143 Å². The average Bonchev–Trinajstić information content (AvgIpc) is 2.96. The molecule has 37 heavy (non-hydrogen) atoms. The molecule has 0 atom stereocenters. The molecule has 7 aromatic rings. The molecule has 6 aromatic carbocycles. The van der Waals surface area contributed by atoms with Crippen molar-refractivity contribution in [2.45, 2.75) is 0 Å². The lowest BCUT2D eigenvalue weighted by molar-refractivity contribution is 1.32. The van der Waals surface area contributed by atoms with Crippen LogP contribution in [0.3, 0.4) is 0 Å². The summed E-state index contributed by atoms with van der Waals surface area (Å²) in [4.78, 5) is 4.77. The van der Waals surface area contributed by atoms with E-state index in [0.29, 0.717) is 0 Å². The van der Waals surface area contributed by atoms with Crippen molar-refractivity contribution in [2.24, 2.45) is 0 Å². The fourth-order valence-electron chi connectivity index (χ4n) is 5.44. The molecule has 1 heterocycles. The topological polar surface area (TPSA) is 12.9 Å². The van der Waals surface area contributed by atoms with Crippen molar-refractivity contribution in [3.63, 3.8) is 0 Å². The highest BCUT2D eigenvalue weighted by Crippen LogP contribution is 2.43. The maximum absolute atomic E-state index is 4.77. The lowest BCUT2D eigenvalue weighted by Crippen LogP contribution is -1.92. The van der Waals surface area contributed by atoms with Crippen molar-refractivity contribution in [1.29, 1.82) is 0 Å². The van der Waals surface area contributed by atoms with E-state index in [1.807, 2.05) is 6.20 Å². The van der Waals surface area contributed by atoms with Crippen LogP contribution in [-0.2, 0) is 0 Å². The second-order valence-electron chi connectivity index (χ2n) is 9.34. The van der Waals surface area contributed by atoms with Crippen LogP contribution in [0, 0.1) is 0 Å². The zero-order valence-electron chi connectivity index (χ0n) is 20.0. The summed E-state index contributed by atoms with van der Waals surface area (Å²) in [5.74, 6) is 0. The molecule has 0 aliphatic carbocycles. The Hall–Kier alpha value is -4.27. The number of halogens is 1. The van der Waals surface area contributed by atoms with Gasteiger partial charge in [0.05, 0.1) is 5.69 Å². The normalized spacial score (nSPS) is 11.4. The molecule has 174 valence electrons. The Kier molecular flexibility index (Phi) is 5.34. The van der Waals surface area contributed by atoms with Crippen LogP contribution in [0.15, 0.2) is 138 Å². The van der Waals surface area contributed by atoms with E-state index >= 15 is 0 Å². The first-order valence-corrected chi connectivity index (χ1v) is 13.2. The molecule has 1 nitrogen and oxygen atoms in total. The molecule has 0 radical (unpaired) electrons. The van der Waals surface area contributed by atoms with E-state index < -0.39 is 0 Å². The minimum atomic E-state index is 0.980. The summed E-state index contributed by atoms with van der Waals surface area (Å²) in [6, 6.07) is 45.8. The van der Waals surface area contributed by atoms with Gasteiger partial charge >= 0.3 is 0 Å². The van der Waals surface area contributed by atoms with Crippen molar-refractivity contribution in [3.05, 3.63) is 138 Å².